The van der Waals surface area contributed by atoms with Crippen LogP contribution in [0, 0.1) is 17.8 Å². The van der Waals surface area contributed by atoms with E-state index in [0.717, 1.165) is 18.9 Å². The predicted molar refractivity (Wildman–Crippen MR) is 75.0 cm³/mol. The van der Waals surface area contributed by atoms with Crippen LogP contribution in [-0.4, -0.2) is 34.6 Å². The molecule has 1 heterocycles. The zero-order chi connectivity index (χ0) is 13.4. The molecule has 2 saturated carbocycles. The molecule has 3 fully saturated rings. The summed E-state index contributed by atoms with van der Waals surface area (Å²) in [5.41, 5.74) is 0. The van der Waals surface area contributed by atoms with Crippen LogP contribution >= 0.6 is 0 Å². The van der Waals surface area contributed by atoms with Crippen molar-refractivity contribution in [3.63, 3.8) is 0 Å². The molecule has 0 amide bonds. The van der Waals surface area contributed by atoms with Crippen molar-refractivity contribution in [1.29, 1.82) is 0 Å². The molecular weight excluding hydrogens is 238 g/mol. The zero-order valence-electron chi connectivity index (χ0n) is 12.1. The summed E-state index contributed by atoms with van der Waals surface area (Å²) in [4.78, 5) is 14.1. The molecule has 0 bridgehead atoms. The molecule has 3 aliphatic rings. The largest absolute Gasteiger partial charge is 0.480 e. The van der Waals surface area contributed by atoms with Crippen LogP contribution in [0.1, 0.15) is 58.3 Å². The minimum atomic E-state index is -0.563. The van der Waals surface area contributed by atoms with Crippen LogP contribution < -0.4 is 0 Å². The summed E-state index contributed by atoms with van der Waals surface area (Å²) in [7, 11) is 0. The van der Waals surface area contributed by atoms with Gasteiger partial charge < -0.3 is 5.11 Å². The van der Waals surface area contributed by atoms with E-state index in [-0.39, 0.29) is 6.04 Å². The average Bonchev–Trinajstić information content (AvgIpc) is 2.86. The van der Waals surface area contributed by atoms with Gasteiger partial charge in [0.15, 0.2) is 0 Å². The average molecular weight is 265 g/mol. The van der Waals surface area contributed by atoms with E-state index >= 15 is 0 Å². The van der Waals surface area contributed by atoms with Gasteiger partial charge in [-0.3, -0.25) is 9.69 Å². The van der Waals surface area contributed by atoms with Crippen LogP contribution in [-0.2, 0) is 4.79 Å². The van der Waals surface area contributed by atoms with E-state index in [2.05, 4.69) is 11.8 Å². The van der Waals surface area contributed by atoms with Gasteiger partial charge in [0.2, 0.25) is 0 Å². The lowest BCUT2D eigenvalue weighted by Gasteiger charge is -2.32. The van der Waals surface area contributed by atoms with Crippen molar-refractivity contribution in [1.82, 2.24) is 4.90 Å². The number of carboxylic acid groups (broad SMARTS) is 1. The van der Waals surface area contributed by atoms with E-state index in [1.807, 2.05) is 0 Å². The van der Waals surface area contributed by atoms with Crippen LogP contribution in [0.4, 0.5) is 0 Å². The molecule has 1 N–H and O–H groups in total. The molecule has 0 radical (unpaired) electrons. The van der Waals surface area contributed by atoms with E-state index < -0.39 is 5.97 Å². The molecule has 0 aromatic carbocycles. The first kappa shape index (κ1) is 13.4. The van der Waals surface area contributed by atoms with Gasteiger partial charge in [0, 0.05) is 12.6 Å². The molecule has 3 heteroatoms. The Kier molecular flexibility index (Phi) is 3.84. The second kappa shape index (κ2) is 5.43. The molecular formula is C16H27NO2. The maximum Gasteiger partial charge on any atom is 0.321 e. The van der Waals surface area contributed by atoms with E-state index in [0.29, 0.717) is 17.9 Å². The van der Waals surface area contributed by atoms with Gasteiger partial charge in [0.25, 0.3) is 0 Å². The third kappa shape index (κ3) is 2.54. The highest BCUT2D eigenvalue weighted by Crippen LogP contribution is 2.44. The molecule has 3 nitrogen and oxygen atoms in total. The summed E-state index contributed by atoms with van der Waals surface area (Å²) < 4.78 is 0. The number of carboxylic acids is 1. The molecule has 5 unspecified atom stereocenters. The van der Waals surface area contributed by atoms with Crippen molar-refractivity contribution < 1.29 is 9.90 Å². The number of hydrogen-bond donors (Lipinski definition) is 1. The number of fused-ring (bicyclic) bond motifs is 1. The molecule has 1 saturated heterocycles. The van der Waals surface area contributed by atoms with E-state index in [9.17, 15) is 9.90 Å². The SMILES string of the molecule is CC1CCCC(N2CC3CCCC3C2C(=O)O)CC1. The lowest BCUT2D eigenvalue weighted by atomic mass is 9.94. The minimum Gasteiger partial charge on any atom is -0.480 e. The van der Waals surface area contributed by atoms with E-state index in [1.54, 1.807) is 0 Å². The Labute approximate surface area is 116 Å². The highest BCUT2D eigenvalue weighted by atomic mass is 16.4. The summed E-state index contributed by atoms with van der Waals surface area (Å²) >= 11 is 0. The van der Waals surface area contributed by atoms with E-state index in [1.165, 1.54) is 44.9 Å². The number of rotatable bonds is 2. The minimum absolute atomic E-state index is 0.175. The third-order valence-electron chi connectivity index (χ3n) is 5.88. The lowest BCUT2D eigenvalue weighted by Crippen LogP contribution is -2.45. The fourth-order valence-corrected chi connectivity index (χ4v) is 4.84. The normalized spacial score (nSPS) is 43.9. The van der Waals surface area contributed by atoms with Gasteiger partial charge in [-0.15, -0.1) is 0 Å². The molecule has 0 aromatic rings. The Morgan fingerprint density at radius 3 is 2.63 bits per heavy atom. The van der Waals surface area contributed by atoms with Gasteiger partial charge in [0.1, 0.15) is 6.04 Å². The standard InChI is InChI=1S/C16H27NO2/c1-11-4-2-6-13(9-8-11)17-10-12-5-3-7-14(12)15(17)16(18)19/h11-15H,2-10H2,1H3,(H,18,19). The van der Waals surface area contributed by atoms with Crippen LogP contribution in [0.3, 0.4) is 0 Å². The first-order valence-electron chi connectivity index (χ1n) is 8.15. The topological polar surface area (TPSA) is 40.5 Å². The molecule has 0 spiro atoms. The molecule has 1 aliphatic heterocycles. The number of carbonyl (C=O) groups is 1. The molecule has 3 rings (SSSR count). The fourth-order valence-electron chi connectivity index (χ4n) is 4.84. The zero-order valence-corrected chi connectivity index (χ0v) is 12.1. The summed E-state index contributed by atoms with van der Waals surface area (Å²) in [6.45, 7) is 3.40. The van der Waals surface area contributed by atoms with Crippen molar-refractivity contribution in [3.05, 3.63) is 0 Å². The summed E-state index contributed by atoms with van der Waals surface area (Å²) in [6, 6.07) is 0.363. The molecule has 2 aliphatic carbocycles. The number of nitrogens with zero attached hydrogens (tertiary/aromatic N) is 1. The van der Waals surface area contributed by atoms with Gasteiger partial charge in [-0.05, 0) is 49.9 Å². The van der Waals surface area contributed by atoms with Gasteiger partial charge in [-0.1, -0.05) is 26.2 Å². The van der Waals surface area contributed by atoms with Crippen LogP contribution in [0.5, 0.6) is 0 Å². The van der Waals surface area contributed by atoms with Crippen molar-refractivity contribution in [2.24, 2.45) is 17.8 Å². The van der Waals surface area contributed by atoms with Crippen molar-refractivity contribution in [3.8, 4) is 0 Å². The number of aliphatic carboxylic acids is 1. The summed E-state index contributed by atoms with van der Waals surface area (Å²) in [6.07, 6.45) is 9.96. The first-order valence-corrected chi connectivity index (χ1v) is 8.15. The second-order valence-corrected chi connectivity index (χ2v) is 7.10. The summed E-state index contributed by atoms with van der Waals surface area (Å²) in [5.74, 6) is 1.38. The molecule has 5 atom stereocenters. The summed E-state index contributed by atoms with van der Waals surface area (Å²) in [5, 5.41) is 9.64. The second-order valence-electron chi connectivity index (χ2n) is 7.10. The van der Waals surface area contributed by atoms with Gasteiger partial charge >= 0.3 is 5.97 Å². The highest BCUT2D eigenvalue weighted by Gasteiger charge is 2.49. The Morgan fingerprint density at radius 1 is 1.05 bits per heavy atom. The maximum absolute atomic E-state index is 11.7. The van der Waals surface area contributed by atoms with Gasteiger partial charge in [-0.25, -0.2) is 0 Å². The number of likely N-dealkylation sites (tertiary alicyclic amines) is 1. The van der Waals surface area contributed by atoms with Crippen LogP contribution in [0.2, 0.25) is 0 Å². The molecule has 19 heavy (non-hydrogen) atoms. The third-order valence-corrected chi connectivity index (χ3v) is 5.88. The maximum atomic E-state index is 11.7. The molecule has 0 aromatic heterocycles. The van der Waals surface area contributed by atoms with Crippen LogP contribution in [0.25, 0.3) is 0 Å². The Morgan fingerprint density at radius 2 is 1.84 bits per heavy atom. The smallest absolute Gasteiger partial charge is 0.321 e. The Balaban J connectivity index is 1.73. The van der Waals surface area contributed by atoms with Crippen LogP contribution in [0.15, 0.2) is 0 Å². The predicted octanol–water partition coefficient (Wildman–Crippen LogP) is 3.14. The fraction of sp³-hybridized carbons (Fsp3) is 0.938. The Hall–Kier alpha value is -0.570. The van der Waals surface area contributed by atoms with Crippen molar-refractivity contribution in [2.75, 3.05) is 6.54 Å². The Bertz CT molecular complexity index is 344. The van der Waals surface area contributed by atoms with Gasteiger partial charge in [-0.2, -0.15) is 0 Å². The molecule has 108 valence electrons. The highest BCUT2D eigenvalue weighted by molar-refractivity contribution is 5.74. The number of hydrogen-bond acceptors (Lipinski definition) is 2. The first-order chi connectivity index (χ1) is 9.16. The lowest BCUT2D eigenvalue weighted by molar-refractivity contribution is -0.144. The monoisotopic (exact) mass is 265 g/mol. The van der Waals surface area contributed by atoms with Gasteiger partial charge in [0.05, 0.1) is 0 Å². The van der Waals surface area contributed by atoms with Crippen molar-refractivity contribution in [2.45, 2.75) is 70.4 Å². The van der Waals surface area contributed by atoms with E-state index in [4.69, 9.17) is 0 Å². The quantitative estimate of drug-likeness (QED) is 0.780. The van der Waals surface area contributed by atoms with Crippen molar-refractivity contribution >= 4 is 5.97 Å².